The lowest BCUT2D eigenvalue weighted by atomic mass is 10.0. The quantitative estimate of drug-likeness (QED) is 0.870. The molecule has 1 aromatic heterocycles. The van der Waals surface area contributed by atoms with Gasteiger partial charge in [-0.05, 0) is 33.5 Å². The summed E-state index contributed by atoms with van der Waals surface area (Å²) in [6, 6.07) is 7.65. The van der Waals surface area contributed by atoms with Gasteiger partial charge in [-0.15, -0.1) is 0 Å². The van der Waals surface area contributed by atoms with Crippen LogP contribution in [-0.4, -0.2) is 40.1 Å². The van der Waals surface area contributed by atoms with Crippen LogP contribution in [0.3, 0.4) is 0 Å². The molecule has 2 aromatic rings. The predicted octanol–water partition coefficient (Wildman–Crippen LogP) is 1.34. The van der Waals surface area contributed by atoms with E-state index >= 15 is 0 Å². The summed E-state index contributed by atoms with van der Waals surface area (Å²) in [5.41, 5.74) is 2.11. The molecule has 0 saturated heterocycles. The third-order valence-electron chi connectivity index (χ3n) is 3.19. The highest BCUT2D eigenvalue weighted by atomic mass is 16.2. The summed E-state index contributed by atoms with van der Waals surface area (Å²) in [4.78, 5) is 18.5. The van der Waals surface area contributed by atoms with Gasteiger partial charge in [0, 0.05) is 0 Å². The second-order valence-electron chi connectivity index (χ2n) is 5.34. The average Bonchev–Trinajstić information content (AvgIpc) is 2.82. The van der Waals surface area contributed by atoms with Gasteiger partial charge in [-0.2, -0.15) is 5.10 Å². The molecule has 1 amide bonds. The van der Waals surface area contributed by atoms with E-state index in [2.05, 4.69) is 20.5 Å². The molecule has 6 heteroatoms. The number of H-pyrrole nitrogens is 1. The van der Waals surface area contributed by atoms with Crippen molar-refractivity contribution >= 4 is 5.91 Å². The summed E-state index contributed by atoms with van der Waals surface area (Å²) in [5.74, 6) is 1.26. The molecule has 1 heterocycles. The van der Waals surface area contributed by atoms with Crippen molar-refractivity contribution in [3.63, 3.8) is 0 Å². The molecule has 0 aliphatic heterocycles. The number of amides is 1. The monoisotopic (exact) mass is 287 g/mol. The van der Waals surface area contributed by atoms with Crippen LogP contribution in [0.1, 0.15) is 28.8 Å². The van der Waals surface area contributed by atoms with E-state index in [1.54, 1.807) is 0 Å². The second-order valence-corrected chi connectivity index (χ2v) is 5.34. The normalized spacial score (nSPS) is 12.4. The minimum atomic E-state index is -0.329. The number of hydrogen-bond donors (Lipinski definition) is 2. The Morgan fingerprint density at radius 2 is 2.14 bits per heavy atom. The molecule has 21 heavy (non-hydrogen) atoms. The Labute approximate surface area is 124 Å². The first-order valence-electron chi connectivity index (χ1n) is 6.86. The zero-order valence-corrected chi connectivity index (χ0v) is 12.8. The predicted molar refractivity (Wildman–Crippen MR) is 80.6 cm³/mol. The molecule has 2 N–H and O–H groups in total. The van der Waals surface area contributed by atoms with Crippen molar-refractivity contribution in [1.29, 1.82) is 0 Å². The first-order chi connectivity index (χ1) is 9.97. The third-order valence-corrected chi connectivity index (χ3v) is 3.19. The summed E-state index contributed by atoms with van der Waals surface area (Å²) in [6.07, 6.45) is 0. The van der Waals surface area contributed by atoms with Gasteiger partial charge in [0.15, 0.2) is 5.82 Å². The SMILES string of the molecule is Cc1cccc(C(C(=O)NCc2n[nH]c(C)n2)N(C)C)c1. The molecule has 0 spiro atoms. The molecule has 2 rings (SSSR count). The van der Waals surface area contributed by atoms with Crippen molar-refractivity contribution < 1.29 is 4.79 Å². The van der Waals surface area contributed by atoms with E-state index < -0.39 is 0 Å². The number of rotatable bonds is 5. The van der Waals surface area contributed by atoms with Gasteiger partial charge in [-0.25, -0.2) is 4.98 Å². The van der Waals surface area contributed by atoms with Gasteiger partial charge >= 0.3 is 0 Å². The van der Waals surface area contributed by atoms with Gasteiger partial charge < -0.3 is 5.32 Å². The van der Waals surface area contributed by atoms with Crippen LogP contribution in [0.4, 0.5) is 0 Å². The molecule has 0 bridgehead atoms. The fourth-order valence-electron chi connectivity index (χ4n) is 2.26. The largest absolute Gasteiger partial charge is 0.347 e. The summed E-state index contributed by atoms with van der Waals surface area (Å²) in [7, 11) is 3.78. The molecule has 0 radical (unpaired) electrons. The molecular weight excluding hydrogens is 266 g/mol. The Kier molecular flexibility index (Phi) is 4.70. The minimum absolute atomic E-state index is 0.0620. The number of likely N-dealkylation sites (N-methyl/N-ethyl adjacent to an activating group) is 1. The number of nitrogens with zero attached hydrogens (tertiary/aromatic N) is 3. The van der Waals surface area contributed by atoms with Crippen molar-refractivity contribution in [2.45, 2.75) is 26.4 Å². The minimum Gasteiger partial charge on any atom is -0.347 e. The molecule has 1 unspecified atom stereocenters. The van der Waals surface area contributed by atoms with Crippen LogP contribution in [0.5, 0.6) is 0 Å². The third kappa shape index (κ3) is 3.88. The Morgan fingerprint density at radius 1 is 1.38 bits per heavy atom. The molecular formula is C15H21N5O. The van der Waals surface area contributed by atoms with E-state index in [4.69, 9.17) is 0 Å². The maximum Gasteiger partial charge on any atom is 0.242 e. The molecule has 0 fully saturated rings. The standard InChI is InChI=1S/C15H21N5O/c1-10-6-5-7-12(8-10)14(20(3)4)15(21)16-9-13-17-11(2)18-19-13/h5-8,14H,9H2,1-4H3,(H,16,21)(H,17,18,19). The molecule has 1 aromatic carbocycles. The highest BCUT2D eigenvalue weighted by Crippen LogP contribution is 2.19. The van der Waals surface area contributed by atoms with Gasteiger partial charge in [0.2, 0.25) is 5.91 Å². The number of carbonyl (C=O) groups is 1. The van der Waals surface area contributed by atoms with Crippen LogP contribution >= 0.6 is 0 Å². The fraction of sp³-hybridized carbons (Fsp3) is 0.400. The molecule has 6 nitrogen and oxygen atoms in total. The zero-order chi connectivity index (χ0) is 15.4. The van der Waals surface area contributed by atoms with Gasteiger partial charge in [0.1, 0.15) is 11.9 Å². The van der Waals surface area contributed by atoms with Crippen LogP contribution in [0.25, 0.3) is 0 Å². The van der Waals surface area contributed by atoms with Crippen molar-refractivity contribution in [3.8, 4) is 0 Å². The lowest BCUT2D eigenvalue weighted by Crippen LogP contribution is -2.37. The van der Waals surface area contributed by atoms with E-state index in [-0.39, 0.29) is 11.9 Å². The Bertz CT molecular complexity index is 620. The van der Waals surface area contributed by atoms with Crippen LogP contribution in [0.15, 0.2) is 24.3 Å². The van der Waals surface area contributed by atoms with Crippen molar-refractivity contribution in [2.75, 3.05) is 14.1 Å². The van der Waals surface area contributed by atoms with Gasteiger partial charge in [-0.1, -0.05) is 29.8 Å². The molecule has 112 valence electrons. The van der Waals surface area contributed by atoms with E-state index in [1.165, 1.54) is 0 Å². The van der Waals surface area contributed by atoms with Crippen LogP contribution in [0, 0.1) is 13.8 Å². The first kappa shape index (κ1) is 15.2. The molecule has 1 atom stereocenters. The molecule has 0 aliphatic carbocycles. The van der Waals surface area contributed by atoms with Crippen molar-refractivity contribution in [1.82, 2.24) is 25.4 Å². The maximum absolute atomic E-state index is 12.5. The van der Waals surface area contributed by atoms with Crippen LogP contribution < -0.4 is 5.32 Å². The van der Waals surface area contributed by atoms with E-state index in [1.807, 2.05) is 57.1 Å². The Hall–Kier alpha value is -2.21. The zero-order valence-electron chi connectivity index (χ0n) is 12.8. The smallest absolute Gasteiger partial charge is 0.242 e. The molecule has 0 saturated carbocycles. The van der Waals surface area contributed by atoms with Crippen LogP contribution in [-0.2, 0) is 11.3 Å². The number of hydrogen-bond acceptors (Lipinski definition) is 4. The fourth-order valence-corrected chi connectivity index (χ4v) is 2.26. The number of nitrogens with one attached hydrogen (secondary N) is 2. The lowest BCUT2D eigenvalue weighted by Gasteiger charge is -2.23. The van der Waals surface area contributed by atoms with E-state index in [9.17, 15) is 4.79 Å². The summed E-state index contributed by atoms with van der Waals surface area (Å²) < 4.78 is 0. The number of aromatic nitrogens is 3. The van der Waals surface area contributed by atoms with Crippen LogP contribution in [0.2, 0.25) is 0 Å². The summed E-state index contributed by atoms with van der Waals surface area (Å²) in [5, 5.41) is 9.66. The van der Waals surface area contributed by atoms with Gasteiger partial charge in [0.25, 0.3) is 0 Å². The Balaban J connectivity index is 2.09. The number of aryl methyl sites for hydroxylation is 2. The van der Waals surface area contributed by atoms with E-state index in [0.717, 1.165) is 17.0 Å². The first-order valence-corrected chi connectivity index (χ1v) is 6.86. The second kappa shape index (κ2) is 6.49. The maximum atomic E-state index is 12.5. The van der Waals surface area contributed by atoms with E-state index in [0.29, 0.717) is 12.4 Å². The summed E-state index contributed by atoms with van der Waals surface area (Å²) >= 11 is 0. The molecule has 0 aliphatic rings. The highest BCUT2D eigenvalue weighted by molar-refractivity contribution is 5.83. The number of aromatic amines is 1. The number of benzene rings is 1. The van der Waals surface area contributed by atoms with Gasteiger partial charge in [0.05, 0.1) is 6.54 Å². The summed E-state index contributed by atoms with van der Waals surface area (Å²) in [6.45, 7) is 4.16. The highest BCUT2D eigenvalue weighted by Gasteiger charge is 2.22. The number of carbonyl (C=O) groups excluding carboxylic acids is 1. The Morgan fingerprint density at radius 3 is 2.71 bits per heavy atom. The van der Waals surface area contributed by atoms with Crippen molar-refractivity contribution in [2.24, 2.45) is 0 Å². The van der Waals surface area contributed by atoms with Gasteiger partial charge in [-0.3, -0.25) is 14.8 Å². The lowest BCUT2D eigenvalue weighted by molar-refractivity contribution is -0.126. The average molecular weight is 287 g/mol. The van der Waals surface area contributed by atoms with Crippen molar-refractivity contribution in [3.05, 3.63) is 47.0 Å². The topological polar surface area (TPSA) is 73.9 Å².